The Morgan fingerprint density at radius 2 is 1.75 bits per heavy atom. The van der Waals surface area contributed by atoms with E-state index in [1.165, 1.54) is 0 Å². The lowest BCUT2D eigenvalue weighted by molar-refractivity contribution is -0.159. The number of aliphatic hydroxyl groups excluding tert-OH is 1. The van der Waals surface area contributed by atoms with Crippen LogP contribution in [0.5, 0.6) is 0 Å². The molecule has 0 radical (unpaired) electrons. The number of rotatable bonds is 5. The molecule has 0 aromatic rings. The number of aliphatic hydroxyl groups is 1. The molecule has 5 heteroatoms. The molecular formula is C7H12O5. The Labute approximate surface area is 69.6 Å². The van der Waals surface area contributed by atoms with Crippen molar-refractivity contribution in [3.63, 3.8) is 0 Å². The van der Waals surface area contributed by atoms with Gasteiger partial charge in [-0.1, -0.05) is 13.3 Å². The highest BCUT2D eigenvalue weighted by Gasteiger charge is 2.30. The third-order valence-corrected chi connectivity index (χ3v) is 1.55. The Kier molecular flexibility index (Phi) is 4.28. The van der Waals surface area contributed by atoms with E-state index < -0.39 is 24.0 Å². The van der Waals surface area contributed by atoms with E-state index in [4.69, 9.17) is 15.3 Å². The Hall–Kier alpha value is -1.10. The molecule has 12 heavy (non-hydrogen) atoms. The van der Waals surface area contributed by atoms with Crippen molar-refractivity contribution >= 4 is 11.9 Å². The molecule has 0 heterocycles. The van der Waals surface area contributed by atoms with E-state index in [2.05, 4.69) is 0 Å². The average molecular weight is 176 g/mol. The number of hydrogen-bond acceptors (Lipinski definition) is 3. The van der Waals surface area contributed by atoms with Gasteiger partial charge in [-0.3, -0.25) is 4.79 Å². The summed E-state index contributed by atoms with van der Waals surface area (Å²) >= 11 is 0. The van der Waals surface area contributed by atoms with Gasteiger partial charge in [0, 0.05) is 0 Å². The molecule has 0 spiro atoms. The van der Waals surface area contributed by atoms with E-state index in [1.54, 1.807) is 6.92 Å². The maximum atomic E-state index is 10.4. The molecule has 0 rings (SSSR count). The summed E-state index contributed by atoms with van der Waals surface area (Å²) in [5.74, 6) is -3.96. The molecule has 0 aliphatic heterocycles. The first-order chi connectivity index (χ1) is 5.50. The highest BCUT2D eigenvalue weighted by Crippen LogP contribution is 2.11. The SMILES string of the molecule is CCC[C@@H](C(=O)O)[C@@H](O)C(=O)O. The highest BCUT2D eigenvalue weighted by molar-refractivity contribution is 5.81. The fourth-order valence-corrected chi connectivity index (χ4v) is 0.900. The summed E-state index contributed by atoms with van der Waals surface area (Å²) in [7, 11) is 0. The molecule has 3 N–H and O–H groups in total. The third kappa shape index (κ3) is 2.87. The molecule has 0 aliphatic carbocycles. The fourth-order valence-electron chi connectivity index (χ4n) is 0.900. The van der Waals surface area contributed by atoms with Crippen molar-refractivity contribution in [3.05, 3.63) is 0 Å². The second-order valence-corrected chi connectivity index (χ2v) is 2.52. The van der Waals surface area contributed by atoms with Crippen LogP contribution in [0.3, 0.4) is 0 Å². The van der Waals surface area contributed by atoms with Crippen molar-refractivity contribution in [2.75, 3.05) is 0 Å². The lowest BCUT2D eigenvalue weighted by Gasteiger charge is -2.13. The first kappa shape index (κ1) is 10.9. The summed E-state index contributed by atoms with van der Waals surface area (Å²) in [6, 6.07) is 0. The van der Waals surface area contributed by atoms with Gasteiger partial charge in [0.25, 0.3) is 0 Å². The average Bonchev–Trinajstić information content (AvgIpc) is 1.98. The summed E-state index contributed by atoms with van der Waals surface area (Å²) in [6.45, 7) is 1.73. The molecule has 0 aromatic carbocycles. The summed E-state index contributed by atoms with van der Waals surface area (Å²) in [5, 5.41) is 25.7. The van der Waals surface area contributed by atoms with Crippen LogP contribution in [0, 0.1) is 5.92 Å². The van der Waals surface area contributed by atoms with E-state index in [0.717, 1.165) is 0 Å². The monoisotopic (exact) mass is 176 g/mol. The van der Waals surface area contributed by atoms with Crippen LogP contribution in [-0.2, 0) is 9.59 Å². The minimum atomic E-state index is -1.80. The van der Waals surface area contributed by atoms with Gasteiger partial charge < -0.3 is 15.3 Å². The van der Waals surface area contributed by atoms with Gasteiger partial charge in [0.2, 0.25) is 0 Å². The third-order valence-electron chi connectivity index (χ3n) is 1.55. The molecule has 5 nitrogen and oxygen atoms in total. The van der Waals surface area contributed by atoms with Gasteiger partial charge in [0.15, 0.2) is 6.10 Å². The van der Waals surface area contributed by atoms with E-state index in [1.807, 2.05) is 0 Å². The van der Waals surface area contributed by atoms with Crippen LogP contribution < -0.4 is 0 Å². The summed E-state index contributed by atoms with van der Waals surface area (Å²) < 4.78 is 0. The number of carboxylic acids is 2. The van der Waals surface area contributed by atoms with E-state index in [9.17, 15) is 9.59 Å². The quantitative estimate of drug-likeness (QED) is 0.545. The lowest BCUT2D eigenvalue weighted by Crippen LogP contribution is -2.34. The van der Waals surface area contributed by atoms with Gasteiger partial charge in [-0.2, -0.15) is 0 Å². The van der Waals surface area contributed by atoms with Crippen LogP contribution in [0.2, 0.25) is 0 Å². The Bertz CT molecular complexity index is 177. The zero-order valence-electron chi connectivity index (χ0n) is 6.73. The molecular weight excluding hydrogens is 164 g/mol. The normalized spacial score (nSPS) is 15.2. The zero-order chi connectivity index (χ0) is 9.72. The second-order valence-electron chi connectivity index (χ2n) is 2.52. The first-order valence-electron chi connectivity index (χ1n) is 3.64. The smallest absolute Gasteiger partial charge is 0.333 e. The second kappa shape index (κ2) is 4.71. The number of hydrogen-bond donors (Lipinski definition) is 3. The molecule has 0 unspecified atom stereocenters. The van der Waals surface area contributed by atoms with Crippen LogP contribution in [0.15, 0.2) is 0 Å². The van der Waals surface area contributed by atoms with Crippen molar-refractivity contribution < 1.29 is 24.9 Å². The number of carbonyl (C=O) groups is 2. The minimum Gasteiger partial charge on any atom is -0.481 e. The van der Waals surface area contributed by atoms with Crippen molar-refractivity contribution in [2.24, 2.45) is 5.92 Å². The van der Waals surface area contributed by atoms with Gasteiger partial charge in [0.05, 0.1) is 5.92 Å². The van der Waals surface area contributed by atoms with Crippen LogP contribution in [0.25, 0.3) is 0 Å². The van der Waals surface area contributed by atoms with Gasteiger partial charge in [-0.25, -0.2) is 4.79 Å². The first-order valence-corrected chi connectivity index (χ1v) is 3.64. The summed E-state index contributed by atoms with van der Waals surface area (Å²) in [4.78, 5) is 20.6. The molecule has 0 aliphatic rings. The molecule has 0 saturated carbocycles. The van der Waals surface area contributed by atoms with Crippen molar-refractivity contribution in [3.8, 4) is 0 Å². The van der Waals surface area contributed by atoms with Gasteiger partial charge in [0.1, 0.15) is 0 Å². The molecule has 0 bridgehead atoms. The maximum absolute atomic E-state index is 10.4. The predicted molar refractivity (Wildman–Crippen MR) is 39.7 cm³/mol. The summed E-state index contributed by atoms with van der Waals surface area (Å²) in [6.07, 6.45) is -1.10. The van der Waals surface area contributed by atoms with E-state index in [-0.39, 0.29) is 6.42 Å². The molecule has 0 aromatic heterocycles. The summed E-state index contributed by atoms with van der Waals surface area (Å²) in [5.41, 5.74) is 0. The standard InChI is InChI=1S/C7H12O5/c1-2-3-4(6(9)10)5(8)7(11)12/h4-5,8H,2-3H2,1H3,(H,9,10)(H,11,12)/t4-,5-/m1/s1. The Morgan fingerprint density at radius 1 is 1.25 bits per heavy atom. The van der Waals surface area contributed by atoms with Crippen LogP contribution in [0.1, 0.15) is 19.8 Å². The van der Waals surface area contributed by atoms with Crippen LogP contribution >= 0.6 is 0 Å². The fraction of sp³-hybridized carbons (Fsp3) is 0.714. The van der Waals surface area contributed by atoms with Gasteiger partial charge in [-0.15, -0.1) is 0 Å². The van der Waals surface area contributed by atoms with Gasteiger partial charge in [-0.05, 0) is 6.42 Å². The lowest BCUT2D eigenvalue weighted by atomic mass is 9.97. The van der Waals surface area contributed by atoms with Crippen LogP contribution in [-0.4, -0.2) is 33.4 Å². The molecule has 2 atom stereocenters. The maximum Gasteiger partial charge on any atom is 0.333 e. The molecule has 0 saturated heterocycles. The highest BCUT2D eigenvalue weighted by atomic mass is 16.4. The van der Waals surface area contributed by atoms with E-state index >= 15 is 0 Å². The van der Waals surface area contributed by atoms with Crippen molar-refractivity contribution in [1.82, 2.24) is 0 Å². The van der Waals surface area contributed by atoms with Crippen LogP contribution in [0.4, 0.5) is 0 Å². The molecule has 0 fully saturated rings. The molecule has 0 amide bonds. The zero-order valence-corrected chi connectivity index (χ0v) is 6.73. The van der Waals surface area contributed by atoms with E-state index in [0.29, 0.717) is 6.42 Å². The van der Waals surface area contributed by atoms with Crippen molar-refractivity contribution in [2.45, 2.75) is 25.9 Å². The molecule has 70 valence electrons. The number of carboxylic acid groups (broad SMARTS) is 2. The largest absolute Gasteiger partial charge is 0.481 e. The van der Waals surface area contributed by atoms with Gasteiger partial charge >= 0.3 is 11.9 Å². The van der Waals surface area contributed by atoms with Crippen molar-refractivity contribution in [1.29, 1.82) is 0 Å². The Balaban J connectivity index is 4.28. The Morgan fingerprint density at radius 3 is 2.00 bits per heavy atom. The minimum absolute atomic E-state index is 0.169. The number of aliphatic carboxylic acids is 2. The topological polar surface area (TPSA) is 94.8 Å². The predicted octanol–water partition coefficient (Wildman–Crippen LogP) is -0.0672.